The van der Waals surface area contributed by atoms with Gasteiger partial charge in [0.15, 0.2) is 0 Å². The molecule has 184 valence electrons. The van der Waals surface area contributed by atoms with E-state index in [0.29, 0.717) is 34.8 Å². The Morgan fingerprint density at radius 2 is 1.27 bits per heavy atom. The maximum Gasteiger partial charge on any atom is 0.343 e. The smallest absolute Gasteiger partial charge is 0.343 e. The first-order valence-corrected chi connectivity index (χ1v) is 11.8. The molecule has 6 nitrogen and oxygen atoms in total. The predicted octanol–water partition coefficient (Wildman–Crippen LogP) is 6.32. The van der Waals surface area contributed by atoms with Crippen LogP contribution in [-0.2, 0) is 4.74 Å². The molecule has 0 amide bonds. The number of rotatable bonds is 9. The van der Waals surface area contributed by atoms with Crippen LogP contribution in [0.5, 0.6) is 11.5 Å². The molecule has 4 rings (SSSR count). The van der Waals surface area contributed by atoms with E-state index in [1.54, 1.807) is 72.8 Å². The van der Waals surface area contributed by atoms with Crippen LogP contribution >= 0.6 is 0 Å². The van der Waals surface area contributed by atoms with E-state index >= 15 is 0 Å². The molecule has 0 aliphatic carbocycles. The Morgan fingerprint density at radius 3 is 1.89 bits per heavy atom. The van der Waals surface area contributed by atoms with Crippen molar-refractivity contribution in [3.63, 3.8) is 0 Å². The normalized spacial score (nSPS) is 11.1. The fourth-order valence-corrected chi connectivity index (χ4v) is 3.47. The van der Waals surface area contributed by atoms with Crippen LogP contribution in [0.1, 0.15) is 33.2 Å². The SMILES string of the molecule is CC(COC(=O)c1ccccc1)COc1ccc(C(=O)Oc2ccc(-c3ccc(C#N)cc3)cc2)cc1. The summed E-state index contributed by atoms with van der Waals surface area (Å²) < 4.78 is 16.6. The highest BCUT2D eigenvalue weighted by Crippen LogP contribution is 2.24. The van der Waals surface area contributed by atoms with E-state index in [1.807, 2.05) is 37.3 Å². The lowest BCUT2D eigenvalue weighted by Gasteiger charge is -2.14. The van der Waals surface area contributed by atoms with Crippen LogP contribution in [0.4, 0.5) is 0 Å². The summed E-state index contributed by atoms with van der Waals surface area (Å²) in [6.45, 7) is 2.52. The second kappa shape index (κ2) is 12.2. The number of nitriles is 1. The second-order valence-corrected chi connectivity index (χ2v) is 8.51. The van der Waals surface area contributed by atoms with E-state index in [-0.39, 0.29) is 18.5 Å². The van der Waals surface area contributed by atoms with Gasteiger partial charge in [0.25, 0.3) is 0 Å². The van der Waals surface area contributed by atoms with Gasteiger partial charge in [-0.2, -0.15) is 5.26 Å². The van der Waals surface area contributed by atoms with Crippen molar-refractivity contribution in [3.8, 4) is 28.7 Å². The molecular weight excluding hydrogens is 466 g/mol. The third kappa shape index (κ3) is 7.06. The van der Waals surface area contributed by atoms with Gasteiger partial charge in [-0.1, -0.05) is 49.4 Å². The molecule has 0 aromatic heterocycles. The molecule has 4 aromatic carbocycles. The van der Waals surface area contributed by atoms with Crippen molar-refractivity contribution in [2.24, 2.45) is 5.92 Å². The summed E-state index contributed by atoms with van der Waals surface area (Å²) in [5.41, 5.74) is 3.43. The Morgan fingerprint density at radius 1 is 0.703 bits per heavy atom. The molecule has 0 aliphatic heterocycles. The number of nitrogens with zero attached hydrogens (tertiary/aromatic N) is 1. The van der Waals surface area contributed by atoms with E-state index in [9.17, 15) is 9.59 Å². The van der Waals surface area contributed by atoms with Crippen LogP contribution < -0.4 is 9.47 Å². The summed E-state index contributed by atoms with van der Waals surface area (Å²) in [4.78, 5) is 24.6. The van der Waals surface area contributed by atoms with Gasteiger partial charge >= 0.3 is 11.9 Å². The molecule has 0 N–H and O–H groups in total. The largest absolute Gasteiger partial charge is 0.493 e. The van der Waals surface area contributed by atoms with Crippen LogP contribution in [0.15, 0.2) is 103 Å². The predicted molar refractivity (Wildman–Crippen MR) is 139 cm³/mol. The van der Waals surface area contributed by atoms with E-state index in [1.165, 1.54) is 0 Å². The monoisotopic (exact) mass is 491 g/mol. The summed E-state index contributed by atoms with van der Waals surface area (Å²) in [5, 5.41) is 8.93. The standard InChI is InChI=1S/C31H25NO5/c1-22(21-36-30(33)26-5-3-2-4-6-26)20-35-28-15-13-27(14-16-28)31(34)37-29-17-11-25(12-18-29)24-9-7-23(19-32)8-10-24/h2-18,22H,20-21H2,1H3. The van der Waals surface area contributed by atoms with E-state index in [4.69, 9.17) is 19.5 Å². The van der Waals surface area contributed by atoms with Crippen LogP contribution in [0, 0.1) is 17.2 Å². The molecule has 0 saturated heterocycles. The van der Waals surface area contributed by atoms with Gasteiger partial charge in [-0.3, -0.25) is 0 Å². The number of carbonyl (C=O) groups excluding carboxylic acids is 2. The number of hydrogen-bond acceptors (Lipinski definition) is 6. The van der Waals surface area contributed by atoms with Crippen LogP contribution in [0.2, 0.25) is 0 Å². The molecule has 0 radical (unpaired) electrons. The van der Waals surface area contributed by atoms with Gasteiger partial charge in [-0.15, -0.1) is 0 Å². The zero-order valence-electron chi connectivity index (χ0n) is 20.3. The van der Waals surface area contributed by atoms with Gasteiger partial charge in [0.05, 0.1) is 36.0 Å². The maximum atomic E-state index is 12.5. The van der Waals surface area contributed by atoms with Crippen LogP contribution in [0.25, 0.3) is 11.1 Å². The first kappa shape index (κ1) is 25.2. The van der Waals surface area contributed by atoms with Crippen molar-refractivity contribution in [2.45, 2.75) is 6.92 Å². The zero-order chi connectivity index (χ0) is 26.0. The van der Waals surface area contributed by atoms with Crippen molar-refractivity contribution in [1.29, 1.82) is 5.26 Å². The molecule has 0 fully saturated rings. The Bertz CT molecular complexity index is 1370. The number of hydrogen-bond donors (Lipinski definition) is 0. The quantitative estimate of drug-likeness (QED) is 0.201. The minimum Gasteiger partial charge on any atom is -0.493 e. The molecule has 0 aliphatic rings. The number of ether oxygens (including phenoxy) is 3. The first-order valence-electron chi connectivity index (χ1n) is 11.8. The highest BCUT2D eigenvalue weighted by atomic mass is 16.5. The van der Waals surface area contributed by atoms with Crippen molar-refractivity contribution >= 4 is 11.9 Å². The zero-order valence-corrected chi connectivity index (χ0v) is 20.3. The van der Waals surface area contributed by atoms with Crippen molar-refractivity contribution < 1.29 is 23.8 Å². The second-order valence-electron chi connectivity index (χ2n) is 8.51. The molecule has 6 heteroatoms. The van der Waals surface area contributed by atoms with Crippen molar-refractivity contribution in [2.75, 3.05) is 13.2 Å². The highest BCUT2D eigenvalue weighted by Gasteiger charge is 2.12. The highest BCUT2D eigenvalue weighted by molar-refractivity contribution is 5.91. The average Bonchev–Trinajstić information content (AvgIpc) is 2.96. The summed E-state index contributed by atoms with van der Waals surface area (Å²) >= 11 is 0. The molecule has 4 aromatic rings. The van der Waals surface area contributed by atoms with E-state index < -0.39 is 5.97 Å². The third-order valence-corrected chi connectivity index (χ3v) is 5.55. The van der Waals surface area contributed by atoms with Crippen LogP contribution in [0.3, 0.4) is 0 Å². The minimum atomic E-state index is -0.473. The summed E-state index contributed by atoms with van der Waals surface area (Å²) in [7, 11) is 0. The summed E-state index contributed by atoms with van der Waals surface area (Å²) in [6, 6.07) is 32.1. The lowest BCUT2D eigenvalue weighted by Crippen LogP contribution is -2.18. The van der Waals surface area contributed by atoms with Gasteiger partial charge in [-0.05, 0) is 71.8 Å². The van der Waals surface area contributed by atoms with Crippen LogP contribution in [-0.4, -0.2) is 25.2 Å². The van der Waals surface area contributed by atoms with Gasteiger partial charge in [0.2, 0.25) is 0 Å². The Hall–Kier alpha value is -4.89. The van der Waals surface area contributed by atoms with Gasteiger partial charge in [0, 0.05) is 5.92 Å². The average molecular weight is 492 g/mol. The number of esters is 2. The molecule has 0 bridgehead atoms. The third-order valence-electron chi connectivity index (χ3n) is 5.55. The molecular formula is C31H25NO5. The van der Waals surface area contributed by atoms with Crippen molar-refractivity contribution in [1.82, 2.24) is 0 Å². The molecule has 0 saturated carbocycles. The minimum absolute atomic E-state index is 0.00967. The van der Waals surface area contributed by atoms with E-state index in [2.05, 4.69) is 6.07 Å². The van der Waals surface area contributed by atoms with Gasteiger partial charge < -0.3 is 14.2 Å². The first-order chi connectivity index (χ1) is 18.0. The Kier molecular flexibility index (Phi) is 8.30. The van der Waals surface area contributed by atoms with Crippen molar-refractivity contribution in [3.05, 3.63) is 120 Å². The lowest BCUT2D eigenvalue weighted by molar-refractivity contribution is 0.0415. The molecule has 0 spiro atoms. The van der Waals surface area contributed by atoms with E-state index in [0.717, 1.165) is 11.1 Å². The number of benzene rings is 4. The summed E-state index contributed by atoms with van der Waals surface area (Å²) in [6.07, 6.45) is 0. The van der Waals surface area contributed by atoms with Gasteiger partial charge in [-0.25, -0.2) is 9.59 Å². The molecule has 1 unspecified atom stereocenters. The Balaban J connectivity index is 1.24. The van der Waals surface area contributed by atoms with Gasteiger partial charge in [0.1, 0.15) is 11.5 Å². The number of carbonyl (C=O) groups is 2. The Labute approximate surface area is 215 Å². The molecule has 37 heavy (non-hydrogen) atoms. The fourth-order valence-electron chi connectivity index (χ4n) is 3.47. The molecule has 0 heterocycles. The topological polar surface area (TPSA) is 85.6 Å². The maximum absolute atomic E-state index is 12.5. The fraction of sp³-hybridized carbons (Fsp3) is 0.129. The summed E-state index contributed by atoms with van der Waals surface area (Å²) in [5.74, 6) is 0.189. The lowest BCUT2D eigenvalue weighted by atomic mass is 10.0. The molecule has 1 atom stereocenters.